The maximum atomic E-state index is 11.2. The van der Waals surface area contributed by atoms with Crippen LogP contribution in [0.4, 0.5) is 4.79 Å². The minimum atomic E-state index is -0.918. The van der Waals surface area contributed by atoms with E-state index in [-0.39, 0.29) is 13.1 Å². The van der Waals surface area contributed by atoms with Crippen molar-refractivity contribution in [3.63, 3.8) is 0 Å². The quantitative estimate of drug-likeness (QED) is 0.569. The number of amides is 3. The van der Waals surface area contributed by atoms with Crippen LogP contribution in [0.3, 0.4) is 0 Å². The van der Waals surface area contributed by atoms with Crippen LogP contribution >= 0.6 is 0 Å². The fraction of sp³-hybridized carbons (Fsp3) is 0.667. The van der Waals surface area contributed by atoms with Gasteiger partial charge >= 0.3 is 12.0 Å². The molecule has 0 aliphatic carbocycles. The van der Waals surface area contributed by atoms with Crippen molar-refractivity contribution in [2.75, 3.05) is 27.2 Å². The molecule has 0 bridgehead atoms. The van der Waals surface area contributed by atoms with E-state index in [9.17, 15) is 14.4 Å². The van der Waals surface area contributed by atoms with Crippen LogP contribution < -0.4 is 10.6 Å². The average molecular weight is 231 g/mol. The number of urea groups is 1. The van der Waals surface area contributed by atoms with Gasteiger partial charge in [0.1, 0.15) is 0 Å². The molecule has 7 heteroatoms. The van der Waals surface area contributed by atoms with E-state index in [2.05, 4.69) is 10.6 Å². The number of likely N-dealkylation sites (N-methyl/N-ethyl adjacent to an activating group) is 1. The third kappa shape index (κ3) is 5.97. The molecule has 0 aliphatic heterocycles. The lowest BCUT2D eigenvalue weighted by Gasteiger charge is -2.17. The molecule has 0 rings (SSSR count). The highest BCUT2D eigenvalue weighted by Gasteiger charge is 2.16. The highest BCUT2D eigenvalue weighted by molar-refractivity contribution is 5.95. The van der Waals surface area contributed by atoms with E-state index in [1.54, 1.807) is 14.0 Å². The lowest BCUT2D eigenvalue weighted by atomic mass is 10.2. The third-order valence-electron chi connectivity index (χ3n) is 1.90. The van der Waals surface area contributed by atoms with Crippen molar-refractivity contribution in [1.82, 2.24) is 15.5 Å². The van der Waals surface area contributed by atoms with E-state index in [0.29, 0.717) is 0 Å². The molecule has 1 atom stereocenters. The Morgan fingerprint density at radius 3 is 2.38 bits per heavy atom. The van der Waals surface area contributed by atoms with Gasteiger partial charge in [-0.25, -0.2) is 4.79 Å². The van der Waals surface area contributed by atoms with Crippen LogP contribution in [0.5, 0.6) is 0 Å². The second-order valence-electron chi connectivity index (χ2n) is 3.56. The number of carboxylic acid groups (broad SMARTS) is 1. The minimum absolute atomic E-state index is 0.0228. The van der Waals surface area contributed by atoms with Crippen molar-refractivity contribution in [3.05, 3.63) is 0 Å². The van der Waals surface area contributed by atoms with Crippen molar-refractivity contribution in [2.45, 2.75) is 6.92 Å². The van der Waals surface area contributed by atoms with Crippen molar-refractivity contribution in [2.24, 2.45) is 5.92 Å². The lowest BCUT2D eigenvalue weighted by molar-refractivity contribution is -0.142. The lowest BCUT2D eigenvalue weighted by Crippen LogP contribution is -2.43. The highest BCUT2D eigenvalue weighted by Crippen LogP contribution is 1.97. The number of carboxylic acids is 1. The second-order valence-corrected chi connectivity index (χ2v) is 3.56. The highest BCUT2D eigenvalue weighted by atomic mass is 16.4. The number of aliphatic carboxylic acids is 1. The molecule has 3 amide bonds. The van der Waals surface area contributed by atoms with Crippen LogP contribution in [0.25, 0.3) is 0 Å². The molecule has 0 aromatic rings. The van der Waals surface area contributed by atoms with Crippen molar-refractivity contribution in [3.8, 4) is 0 Å². The smallest absolute Gasteiger partial charge is 0.321 e. The van der Waals surface area contributed by atoms with Crippen LogP contribution in [-0.2, 0) is 9.59 Å². The number of imide groups is 1. The molecule has 0 saturated carbocycles. The number of carbonyl (C=O) groups excluding carboxylic acids is 2. The number of hydrogen-bond acceptors (Lipinski definition) is 4. The summed E-state index contributed by atoms with van der Waals surface area (Å²) in [5.74, 6) is -1.95. The molecule has 0 spiro atoms. The van der Waals surface area contributed by atoms with E-state index in [1.165, 1.54) is 11.9 Å². The summed E-state index contributed by atoms with van der Waals surface area (Å²) in [5, 5.41) is 13.0. The standard InChI is InChI=1S/C9H17N3O4/c1-6(8(14)15)4-12(3)5-7(13)11-9(16)10-2/h6H,4-5H2,1-3H3,(H,14,15)(H2,10,11,13,16). The third-order valence-corrected chi connectivity index (χ3v) is 1.90. The molecule has 3 N–H and O–H groups in total. The first-order valence-electron chi connectivity index (χ1n) is 4.79. The van der Waals surface area contributed by atoms with Crippen molar-refractivity contribution in [1.29, 1.82) is 0 Å². The molecular weight excluding hydrogens is 214 g/mol. The number of rotatable bonds is 5. The van der Waals surface area contributed by atoms with Gasteiger partial charge in [0.2, 0.25) is 5.91 Å². The summed E-state index contributed by atoms with van der Waals surface area (Å²) >= 11 is 0. The Balaban J connectivity index is 3.95. The van der Waals surface area contributed by atoms with E-state index in [4.69, 9.17) is 5.11 Å². The summed E-state index contributed by atoms with van der Waals surface area (Å²) in [6.07, 6.45) is 0. The van der Waals surface area contributed by atoms with Gasteiger partial charge in [-0.15, -0.1) is 0 Å². The number of carbonyl (C=O) groups is 3. The SMILES string of the molecule is CNC(=O)NC(=O)CN(C)CC(C)C(=O)O. The Morgan fingerprint density at radius 2 is 1.94 bits per heavy atom. The molecule has 0 heterocycles. The van der Waals surface area contributed by atoms with Gasteiger partial charge in [0, 0.05) is 13.6 Å². The van der Waals surface area contributed by atoms with Gasteiger partial charge in [-0.2, -0.15) is 0 Å². The summed E-state index contributed by atoms with van der Waals surface area (Å²) in [7, 11) is 3.02. The number of nitrogens with one attached hydrogen (secondary N) is 2. The Morgan fingerprint density at radius 1 is 1.38 bits per heavy atom. The predicted octanol–water partition coefficient (Wildman–Crippen LogP) is -0.905. The molecule has 16 heavy (non-hydrogen) atoms. The van der Waals surface area contributed by atoms with E-state index in [1.807, 2.05) is 0 Å². The van der Waals surface area contributed by atoms with Gasteiger partial charge in [0.05, 0.1) is 12.5 Å². The molecule has 0 aliphatic rings. The van der Waals surface area contributed by atoms with E-state index < -0.39 is 23.8 Å². The Labute approximate surface area is 93.8 Å². The largest absolute Gasteiger partial charge is 0.481 e. The van der Waals surface area contributed by atoms with Crippen molar-refractivity contribution < 1.29 is 19.5 Å². The number of hydrogen-bond donors (Lipinski definition) is 3. The summed E-state index contributed by atoms with van der Waals surface area (Å²) in [5.41, 5.74) is 0. The van der Waals surface area contributed by atoms with Crippen LogP contribution in [-0.4, -0.2) is 55.1 Å². The van der Waals surface area contributed by atoms with Crippen molar-refractivity contribution >= 4 is 17.9 Å². The molecule has 0 saturated heterocycles. The topological polar surface area (TPSA) is 98.7 Å². The Bertz CT molecular complexity index is 280. The maximum absolute atomic E-state index is 11.2. The minimum Gasteiger partial charge on any atom is -0.481 e. The van der Waals surface area contributed by atoms with Gasteiger partial charge in [0.15, 0.2) is 0 Å². The maximum Gasteiger partial charge on any atom is 0.321 e. The predicted molar refractivity (Wildman–Crippen MR) is 56.9 cm³/mol. The van der Waals surface area contributed by atoms with Crippen LogP contribution in [0.1, 0.15) is 6.92 Å². The first kappa shape index (κ1) is 14.4. The molecule has 1 unspecified atom stereocenters. The van der Waals surface area contributed by atoms with Gasteiger partial charge in [-0.1, -0.05) is 6.92 Å². The van der Waals surface area contributed by atoms with Gasteiger partial charge in [0.25, 0.3) is 0 Å². The fourth-order valence-electron chi connectivity index (χ4n) is 1.08. The van der Waals surface area contributed by atoms with Crippen LogP contribution in [0.2, 0.25) is 0 Å². The fourth-order valence-corrected chi connectivity index (χ4v) is 1.08. The van der Waals surface area contributed by atoms with Crippen LogP contribution in [0, 0.1) is 5.92 Å². The summed E-state index contributed by atoms with van der Waals surface area (Å²) in [4.78, 5) is 34.1. The first-order chi connectivity index (χ1) is 7.36. The molecule has 0 fully saturated rings. The van der Waals surface area contributed by atoms with Gasteiger partial charge in [-0.05, 0) is 7.05 Å². The first-order valence-corrected chi connectivity index (χ1v) is 4.79. The zero-order valence-corrected chi connectivity index (χ0v) is 9.61. The average Bonchev–Trinajstić information content (AvgIpc) is 2.16. The Hall–Kier alpha value is -1.63. The summed E-state index contributed by atoms with van der Waals surface area (Å²) < 4.78 is 0. The molecule has 92 valence electrons. The molecule has 0 aromatic carbocycles. The van der Waals surface area contributed by atoms with Gasteiger partial charge in [-0.3, -0.25) is 19.8 Å². The van der Waals surface area contributed by atoms with E-state index >= 15 is 0 Å². The molecule has 7 nitrogen and oxygen atoms in total. The van der Waals surface area contributed by atoms with E-state index in [0.717, 1.165) is 0 Å². The normalized spacial score (nSPS) is 12.0. The molecule has 0 aromatic heterocycles. The van der Waals surface area contributed by atoms with Crippen LogP contribution in [0.15, 0.2) is 0 Å². The summed E-state index contributed by atoms with van der Waals surface area (Å²) in [6, 6.07) is -0.579. The Kier molecular flexibility index (Phi) is 6.09. The zero-order valence-electron chi connectivity index (χ0n) is 9.61. The van der Waals surface area contributed by atoms with Gasteiger partial charge < -0.3 is 10.4 Å². The monoisotopic (exact) mass is 231 g/mol. The molecule has 0 radical (unpaired) electrons. The second kappa shape index (κ2) is 6.78. The number of nitrogens with zero attached hydrogens (tertiary/aromatic N) is 1. The molecular formula is C9H17N3O4. The zero-order chi connectivity index (χ0) is 12.7. The summed E-state index contributed by atoms with van der Waals surface area (Å²) in [6.45, 7) is 1.77.